The molecule has 2 fully saturated rings. The van der Waals surface area contributed by atoms with E-state index in [0.717, 1.165) is 54.6 Å². The maximum atomic E-state index is 9.06. The van der Waals surface area contributed by atoms with Gasteiger partial charge in [0.05, 0.1) is 24.1 Å². The predicted molar refractivity (Wildman–Crippen MR) is 115 cm³/mol. The van der Waals surface area contributed by atoms with Crippen LogP contribution >= 0.6 is 22.9 Å². The highest BCUT2D eigenvalue weighted by Crippen LogP contribution is 2.44. The third-order valence-electron chi connectivity index (χ3n) is 5.40. The Balaban J connectivity index is 1.46. The molecule has 1 aliphatic carbocycles. The SMILES string of the molecule is N#Cc1cnc(Nc2nc(N3CCC[C@H]3c3ccc(Cl)cc3)cnc2C2CC2)s1. The molecule has 0 radical (unpaired) electrons. The molecule has 5 rings (SSSR count). The number of nitrogens with one attached hydrogen (secondary N) is 1. The summed E-state index contributed by atoms with van der Waals surface area (Å²) in [6.45, 7) is 0.944. The van der Waals surface area contributed by atoms with Crippen LogP contribution in [0, 0.1) is 11.3 Å². The Hall–Kier alpha value is -2.69. The van der Waals surface area contributed by atoms with E-state index in [1.54, 1.807) is 6.20 Å². The summed E-state index contributed by atoms with van der Waals surface area (Å²) in [6, 6.07) is 10.5. The zero-order valence-electron chi connectivity index (χ0n) is 15.7. The topological polar surface area (TPSA) is 77.7 Å². The Morgan fingerprint density at radius 2 is 1.97 bits per heavy atom. The molecule has 29 heavy (non-hydrogen) atoms. The first kappa shape index (κ1) is 18.3. The highest BCUT2D eigenvalue weighted by Gasteiger charge is 2.32. The van der Waals surface area contributed by atoms with E-state index in [0.29, 0.717) is 15.9 Å². The van der Waals surface area contributed by atoms with Gasteiger partial charge in [0, 0.05) is 17.5 Å². The van der Waals surface area contributed by atoms with E-state index < -0.39 is 0 Å². The average molecular weight is 423 g/mol. The molecule has 0 amide bonds. The fourth-order valence-corrected chi connectivity index (χ4v) is 4.57. The molecule has 3 heterocycles. The van der Waals surface area contributed by atoms with Crippen molar-refractivity contribution in [3.63, 3.8) is 0 Å². The second-order valence-electron chi connectivity index (χ2n) is 7.41. The van der Waals surface area contributed by atoms with E-state index in [4.69, 9.17) is 26.8 Å². The van der Waals surface area contributed by atoms with E-state index in [2.05, 4.69) is 33.4 Å². The van der Waals surface area contributed by atoms with Crippen LogP contribution in [0.2, 0.25) is 5.02 Å². The summed E-state index contributed by atoms with van der Waals surface area (Å²) in [5.41, 5.74) is 2.23. The second-order valence-corrected chi connectivity index (χ2v) is 8.87. The highest BCUT2D eigenvalue weighted by atomic mass is 35.5. The Morgan fingerprint density at radius 1 is 1.14 bits per heavy atom. The fraction of sp³-hybridized carbons (Fsp3) is 0.333. The lowest BCUT2D eigenvalue weighted by Gasteiger charge is -2.26. The zero-order chi connectivity index (χ0) is 19.8. The van der Waals surface area contributed by atoms with E-state index in [9.17, 15) is 0 Å². The lowest BCUT2D eigenvalue weighted by Crippen LogP contribution is -2.24. The number of benzene rings is 1. The van der Waals surface area contributed by atoms with Crippen molar-refractivity contribution in [2.45, 2.75) is 37.6 Å². The Morgan fingerprint density at radius 3 is 2.69 bits per heavy atom. The molecule has 1 aromatic carbocycles. The van der Waals surface area contributed by atoms with Crippen molar-refractivity contribution in [3.8, 4) is 6.07 Å². The van der Waals surface area contributed by atoms with Gasteiger partial charge in [-0.05, 0) is 43.4 Å². The minimum Gasteiger partial charge on any atom is -0.348 e. The summed E-state index contributed by atoms with van der Waals surface area (Å²) in [4.78, 5) is 16.9. The highest BCUT2D eigenvalue weighted by molar-refractivity contribution is 7.16. The van der Waals surface area contributed by atoms with Crippen molar-refractivity contribution in [2.75, 3.05) is 16.8 Å². The number of hydrogen-bond donors (Lipinski definition) is 1. The molecule has 1 N–H and O–H groups in total. The first-order chi connectivity index (χ1) is 14.2. The van der Waals surface area contributed by atoms with Gasteiger partial charge in [0.25, 0.3) is 0 Å². The zero-order valence-corrected chi connectivity index (χ0v) is 17.2. The Labute approximate surface area is 178 Å². The molecule has 8 heteroatoms. The molecule has 1 atom stereocenters. The second kappa shape index (κ2) is 7.62. The smallest absolute Gasteiger partial charge is 0.189 e. The molecular weight excluding hydrogens is 404 g/mol. The molecule has 1 saturated carbocycles. The standard InChI is InChI=1S/C21H19ClN6S/c22-15-7-5-13(6-8-15)17-2-1-9-28(17)18-12-24-19(14-3-4-14)20(26-18)27-21-25-11-16(10-23)29-21/h5-8,11-12,14,17H,1-4,9H2,(H,25,26,27)/t17-/m0/s1. The van der Waals surface area contributed by atoms with Crippen molar-refractivity contribution >= 4 is 39.7 Å². The molecule has 146 valence electrons. The van der Waals surface area contributed by atoms with Gasteiger partial charge >= 0.3 is 0 Å². The number of nitriles is 1. The van der Waals surface area contributed by atoms with E-state index in [1.165, 1.54) is 16.9 Å². The van der Waals surface area contributed by atoms with Gasteiger partial charge in [0.2, 0.25) is 0 Å². The van der Waals surface area contributed by atoms with Crippen LogP contribution in [-0.2, 0) is 0 Å². The largest absolute Gasteiger partial charge is 0.348 e. The lowest BCUT2D eigenvalue weighted by atomic mass is 10.0. The maximum absolute atomic E-state index is 9.06. The van der Waals surface area contributed by atoms with E-state index >= 15 is 0 Å². The van der Waals surface area contributed by atoms with E-state index in [-0.39, 0.29) is 6.04 Å². The van der Waals surface area contributed by atoms with Gasteiger partial charge in [-0.15, -0.1) is 0 Å². The summed E-state index contributed by atoms with van der Waals surface area (Å²) in [6.07, 6.45) is 7.95. The summed E-state index contributed by atoms with van der Waals surface area (Å²) in [7, 11) is 0. The molecule has 0 bridgehead atoms. The van der Waals surface area contributed by atoms with Crippen LogP contribution in [0.5, 0.6) is 0 Å². The molecular formula is C21H19ClN6S. The van der Waals surface area contributed by atoms with Crippen molar-refractivity contribution in [1.82, 2.24) is 15.0 Å². The fourth-order valence-electron chi connectivity index (χ4n) is 3.83. The molecule has 6 nitrogen and oxygen atoms in total. The molecule has 0 unspecified atom stereocenters. The molecule has 1 saturated heterocycles. The van der Waals surface area contributed by atoms with Gasteiger partial charge in [0.1, 0.15) is 16.8 Å². The van der Waals surface area contributed by atoms with E-state index in [1.807, 2.05) is 18.3 Å². The molecule has 2 aromatic heterocycles. The third-order valence-corrected chi connectivity index (χ3v) is 6.46. The summed E-state index contributed by atoms with van der Waals surface area (Å²) >= 11 is 7.39. The van der Waals surface area contributed by atoms with Crippen molar-refractivity contribution in [2.24, 2.45) is 0 Å². The first-order valence-corrected chi connectivity index (χ1v) is 10.9. The minimum absolute atomic E-state index is 0.270. The van der Waals surface area contributed by atoms with Crippen LogP contribution in [0.4, 0.5) is 16.8 Å². The summed E-state index contributed by atoms with van der Waals surface area (Å²) in [5, 5.41) is 13.8. The normalized spacial score (nSPS) is 18.6. The van der Waals surface area contributed by atoms with Crippen LogP contribution in [0.15, 0.2) is 36.7 Å². The predicted octanol–water partition coefficient (Wildman–Crippen LogP) is 5.42. The average Bonchev–Trinajstić information content (AvgIpc) is 3.28. The van der Waals surface area contributed by atoms with Crippen molar-refractivity contribution in [3.05, 3.63) is 57.8 Å². The number of anilines is 3. The van der Waals surface area contributed by atoms with Crippen LogP contribution in [0.1, 0.15) is 53.8 Å². The minimum atomic E-state index is 0.270. The summed E-state index contributed by atoms with van der Waals surface area (Å²) < 4.78 is 0. The Kier molecular flexibility index (Phi) is 4.82. The van der Waals surface area contributed by atoms with Gasteiger partial charge in [0.15, 0.2) is 10.9 Å². The number of nitrogens with zero attached hydrogens (tertiary/aromatic N) is 5. The third kappa shape index (κ3) is 3.78. The van der Waals surface area contributed by atoms with Gasteiger partial charge in [-0.1, -0.05) is 35.1 Å². The van der Waals surface area contributed by atoms with Crippen LogP contribution in [0.25, 0.3) is 0 Å². The van der Waals surface area contributed by atoms with Crippen LogP contribution in [-0.4, -0.2) is 21.5 Å². The Bertz CT molecular complexity index is 1070. The van der Waals surface area contributed by atoms with Gasteiger partial charge in [-0.25, -0.2) is 9.97 Å². The van der Waals surface area contributed by atoms with Crippen LogP contribution in [0.3, 0.4) is 0 Å². The molecule has 0 spiro atoms. The van der Waals surface area contributed by atoms with Crippen molar-refractivity contribution < 1.29 is 0 Å². The number of thiazole rings is 1. The van der Waals surface area contributed by atoms with Crippen molar-refractivity contribution in [1.29, 1.82) is 5.26 Å². The first-order valence-electron chi connectivity index (χ1n) is 9.73. The lowest BCUT2D eigenvalue weighted by molar-refractivity contribution is 0.709. The number of rotatable bonds is 5. The number of hydrogen-bond acceptors (Lipinski definition) is 7. The number of halogens is 1. The molecule has 1 aliphatic heterocycles. The molecule has 3 aromatic rings. The monoisotopic (exact) mass is 422 g/mol. The maximum Gasteiger partial charge on any atom is 0.189 e. The summed E-state index contributed by atoms with van der Waals surface area (Å²) in [5.74, 6) is 2.08. The quantitative estimate of drug-likeness (QED) is 0.591. The van der Waals surface area contributed by atoms with Gasteiger partial charge in [-0.3, -0.25) is 4.98 Å². The van der Waals surface area contributed by atoms with Crippen LogP contribution < -0.4 is 10.2 Å². The molecule has 2 aliphatic rings. The van der Waals surface area contributed by atoms with Gasteiger partial charge < -0.3 is 10.2 Å². The number of aromatic nitrogens is 3. The van der Waals surface area contributed by atoms with Gasteiger partial charge in [-0.2, -0.15) is 5.26 Å².